The standard InChI is InChI=1S/C42H78N3O2/c1-5-7-9-11-13-15-17-19-21-23-25-27-29-31-33-35-40(46)42-44(4)37-39(38(3)43)45(42)41(47)36-34-32-30-28-26-24-22-20-18-16-14-12-10-8-6-2/h19-22,38-39H,5-18,23-37,43H2,1-4H3/q+1/b21-19-,22-20-. The van der Waals surface area contributed by atoms with Gasteiger partial charge in [0, 0.05) is 18.9 Å². The van der Waals surface area contributed by atoms with Gasteiger partial charge in [-0.2, -0.15) is 4.90 Å². The summed E-state index contributed by atoms with van der Waals surface area (Å²) in [7, 11) is 1.94. The van der Waals surface area contributed by atoms with Crippen LogP contribution in [0.15, 0.2) is 24.3 Å². The molecule has 0 saturated carbocycles. The fraction of sp³-hybridized carbons (Fsp3) is 0.833. The van der Waals surface area contributed by atoms with E-state index < -0.39 is 0 Å². The molecule has 5 nitrogen and oxygen atoms in total. The first-order valence-electron chi connectivity index (χ1n) is 20.4. The molecule has 1 aliphatic heterocycles. The second kappa shape index (κ2) is 30.3. The van der Waals surface area contributed by atoms with E-state index in [0.717, 1.165) is 25.7 Å². The zero-order valence-corrected chi connectivity index (χ0v) is 31.8. The van der Waals surface area contributed by atoms with E-state index in [-0.39, 0.29) is 23.8 Å². The number of rotatable bonds is 32. The summed E-state index contributed by atoms with van der Waals surface area (Å²) in [5.74, 6) is 0.758. The second-order valence-electron chi connectivity index (χ2n) is 14.5. The van der Waals surface area contributed by atoms with Gasteiger partial charge in [-0.15, -0.1) is 0 Å². The lowest BCUT2D eigenvalue weighted by Crippen LogP contribution is -2.51. The van der Waals surface area contributed by atoms with Crippen molar-refractivity contribution in [3.63, 3.8) is 0 Å². The summed E-state index contributed by atoms with van der Waals surface area (Å²) < 4.78 is 1.98. The fourth-order valence-corrected chi connectivity index (χ4v) is 6.78. The van der Waals surface area contributed by atoms with E-state index in [9.17, 15) is 9.59 Å². The van der Waals surface area contributed by atoms with Crippen molar-refractivity contribution in [2.24, 2.45) is 5.73 Å². The SMILES string of the molecule is CCCCCCCC/C=C\CCCCCCCC(=O)C1=[N+](C)CC(C(C)N)N1C(=O)CCCCCCC/C=C\CCCCCCCC. The second-order valence-corrected chi connectivity index (χ2v) is 14.5. The van der Waals surface area contributed by atoms with Crippen LogP contribution in [0.25, 0.3) is 0 Å². The number of ketones is 1. The van der Waals surface area contributed by atoms with Crippen molar-refractivity contribution in [2.75, 3.05) is 13.6 Å². The highest BCUT2D eigenvalue weighted by molar-refractivity contribution is 6.39. The van der Waals surface area contributed by atoms with Crippen molar-refractivity contribution in [3.05, 3.63) is 24.3 Å². The number of allylic oxidation sites excluding steroid dienone is 4. The van der Waals surface area contributed by atoms with Gasteiger partial charge in [0.1, 0.15) is 6.54 Å². The molecule has 0 aliphatic carbocycles. The monoisotopic (exact) mass is 657 g/mol. The number of Topliss-reactive ketones (excluding diaryl/α,β-unsaturated/α-hetero) is 1. The van der Waals surface area contributed by atoms with E-state index in [2.05, 4.69) is 38.2 Å². The number of carbonyl (C=O) groups is 2. The predicted octanol–water partition coefficient (Wildman–Crippen LogP) is 11.2. The number of hydrogen-bond donors (Lipinski definition) is 1. The van der Waals surface area contributed by atoms with Crippen LogP contribution in [0, 0.1) is 0 Å². The number of likely N-dealkylation sites (N-methyl/N-ethyl adjacent to an activating group) is 1. The van der Waals surface area contributed by atoms with E-state index in [1.165, 1.54) is 141 Å². The smallest absolute Gasteiger partial charge is 0.323 e. The Bertz CT molecular complexity index is 875. The van der Waals surface area contributed by atoms with E-state index >= 15 is 0 Å². The Labute approximate surface area is 292 Å². The maximum absolute atomic E-state index is 13.4. The molecule has 0 radical (unpaired) electrons. The molecule has 2 atom stereocenters. The normalized spacial score (nSPS) is 15.9. The summed E-state index contributed by atoms with van der Waals surface area (Å²) in [5, 5.41) is 0. The van der Waals surface area contributed by atoms with Crippen molar-refractivity contribution < 1.29 is 14.2 Å². The molecule has 1 aliphatic rings. The lowest BCUT2D eigenvalue weighted by molar-refractivity contribution is -0.489. The maximum Gasteiger partial charge on any atom is 0.323 e. The molecule has 2 N–H and O–H groups in total. The van der Waals surface area contributed by atoms with Crippen LogP contribution in [0.1, 0.15) is 201 Å². The Morgan fingerprint density at radius 2 is 1.00 bits per heavy atom. The van der Waals surface area contributed by atoms with Gasteiger partial charge in [-0.3, -0.25) is 9.37 Å². The zero-order valence-electron chi connectivity index (χ0n) is 31.8. The van der Waals surface area contributed by atoms with Crippen LogP contribution in [0.2, 0.25) is 0 Å². The lowest BCUT2D eigenvalue weighted by atomic mass is 10.0. The predicted molar refractivity (Wildman–Crippen MR) is 204 cm³/mol. The molecule has 0 aromatic carbocycles. The van der Waals surface area contributed by atoms with Gasteiger partial charge in [-0.05, 0) is 71.1 Å². The van der Waals surface area contributed by atoms with Gasteiger partial charge in [-0.1, -0.05) is 141 Å². The number of amidine groups is 1. The van der Waals surface area contributed by atoms with Gasteiger partial charge < -0.3 is 5.73 Å². The van der Waals surface area contributed by atoms with Gasteiger partial charge >= 0.3 is 11.7 Å². The van der Waals surface area contributed by atoms with Crippen LogP contribution in [-0.2, 0) is 9.59 Å². The van der Waals surface area contributed by atoms with Crippen LogP contribution >= 0.6 is 0 Å². The number of carbonyl (C=O) groups excluding carboxylic acids is 2. The lowest BCUT2D eigenvalue weighted by Gasteiger charge is -2.21. The minimum atomic E-state index is -0.166. The minimum Gasteiger partial charge on any atom is -0.324 e. The molecule has 0 saturated heterocycles. The Morgan fingerprint density at radius 3 is 1.40 bits per heavy atom. The summed E-state index contributed by atoms with van der Waals surface area (Å²) in [4.78, 5) is 28.6. The van der Waals surface area contributed by atoms with Gasteiger partial charge in [0.2, 0.25) is 5.78 Å². The fourth-order valence-electron chi connectivity index (χ4n) is 6.78. The molecule has 0 fully saturated rings. The van der Waals surface area contributed by atoms with Crippen LogP contribution in [-0.4, -0.2) is 52.7 Å². The largest absolute Gasteiger partial charge is 0.324 e. The molecule has 1 rings (SSSR count). The number of nitrogens with zero attached hydrogens (tertiary/aromatic N) is 2. The highest BCUT2D eigenvalue weighted by atomic mass is 16.2. The first-order valence-corrected chi connectivity index (χ1v) is 20.4. The average Bonchev–Trinajstić information content (AvgIpc) is 3.42. The molecule has 1 heterocycles. The minimum absolute atomic E-state index is 0.0715. The summed E-state index contributed by atoms with van der Waals surface area (Å²) in [6.07, 6.45) is 42.8. The molecule has 0 aromatic heterocycles. The molecule has 2 unspecified atom stereocenters. The number of nitrogens with two attached hydrogens (primary N) is 1. The summed E-state index contributed by atoms with van der Waals surface area (Å²) in [6.45, 7) is 7.14. The zero-order chi connectivity index (χ0) is 34.4. The molecule has 5 heteroatoms. The van der Waals surface area contributed by atoms with Crippen LogP contribution in [0.5, 0.6) is 0 Å². The summed E-state index contributed by atoms with van der Waals surface area (Å²) in [5.41, 5.74) is 6.32. The molecule has 0 spiro atoms. The molecule has 272 valence electrons. The van der Waals surface area contributed by atoms with Crippen LogP contribution < -0.4 is 5.73 Å². The highest BCUT2D eigenvalue weighted by Crippen LogP contribution is 2.19. The van der Waals surface area contributed by atoms with E-state index in [0.29, 0.717) is 25.2 Å². The maximum atomic E-state index is 13.4. The number of unbranched alkanes of at least 4 members (excludes halogenated alkanes) is 22. The Hall–Kier alpha value is -1.75. The molecule has 0 aromatic rings. The summed E-state index contributed by atoms with van der Waals surface area (Å²) >= 11 is 0. The van der Waals surface area contributed by atoms with E-state index in [1.54, 1.807) is 4.90 Å². The topological polar surface area (TPSA) is 66.4 Å². The van der Waals surface area contributed by atoms with E-state index in [4.69, 9.17) is 5.73 Å². The summed E-state index contributed by atoms with van der Waals surface area (Å²) in [6, 6.07) is -0.288. The van der Waals surface area contributed by atoms with Crippen LogP contribution in [0.4, 0.5) is 0 Å². The molecular formula is C42H78N3O2+. The quantitative estimate of drug-likeness (QED) is 0.0445. The van der Waals surface area contributed by atoms with Crippen molar-refractivity contribution in [2.45, 2.75) is 213 Å². The Balaban J connectivity index is 2.24. The van der Waals surface area contributed by atoms with Crippen molar-refractivity contribution in [1.82, 2.24) is 4.90 Å². The first-order chi connectivity index (χ1) is 22.9. The van der Waals surface area contributed by atoms with Gasteiger partial charge in [0.25, 0.3) is 0 Å². The number of hydrogen-bond acceptors (Lipinski definition) is 3. The molecule has 47 heavy (non-hydrogen) atoms. The molecule has 1 amide bonds. The third kappa shape index (κ3) is 21.8. The average molecular weight is 657 g/mol. The highest BCUT2D eigenvalue weighted by Gasteiger charge is 2.47. The number of amides is 1. The third-order valence-corrected chi connectivity index (χ3v) is 9.83. The van der Waals surface area contributed by atoms with Crippen molar-refractivity contribution >= 4 is 17.5 Å². The third-order valence-electron chi connectivity index (χ3n) is 9.83. The molecular weight excluding hydrogens is 578 g/mol. The molecule has 0 bridgehead atoms. The van der Waals surface area contributed by atoms with Gasteiger partial charge in [-0.25, -0.2) is 4.79 Å². The van der Waals surface area contributed by atoms with Gasteiger partial charge in [0.15, 0.2) is 6.04 Å². The Kier molecular flexibility index (Phi) is 27.9. The van der Waals surface area contributed by atoms with Crippen LogP contribution in [0.3, 0.4) is 0 Å². The first kappa shape index (κ1) is 43.3. The van der Waals surface area contributed by atoms with Crippen molar-refractivity contribution in [3.8, 4) is 0 Å². The van der Waals surface area contributed by atoms with E-state index in [1.807, 2.05) is 18.5 Å². The van der Waals surface area contributed by atoms with Gasteiger partial charge in [0.05, 0.1) is 7.05 Å². The Morgan fingerprint density at radius 1 is 0.638 bits per heavy atom. The van der Waals surface area contributed by atoms with Crippen molar-refractivity contribution in [1.29, 1.82) is 0 Å².